The highest BCUT2D eigenvalue weighted by Gasteiger charge is 2.15. The lowest BCUT2D eigenvalue weighted by atomic mass is 10.3. The number of aryl methyl sites for hydroxylation is 1. The predicted octanol–water partition coefficient (Wildman–Crippen LogP) is 0.957. The molecular weight excluding hydrogens is 244 g/mol. The number of nitrogens with one attached hydrogen (secondary N) is 1. The second-order valence-corrected chi connectivity index (χ2v) is 4.13. The van der Waals surface area contributed by atoms with Gasteiger partial charge in [0.1, 0.15) is 12.1 Å². The highest BCUT2D eigenvalue weighted by molar-refractivity contribution is 9.10. The molecule has 0 spiro atoms. The van der Waals surface area contributed by atoms with Gasteiger partial charge in [0.15, 0.2) is 0 Å². The maximum Gasteiger partial charge on any atom is 0.146 e. The molecule has 0 saturated carbocycles. The van der Waals surface area contributed by atoms with Crippen LogP contribution >= 0.6 is 15.9 Å². The van der Waals surface area contributed by atoms with Crippen molar-refractivity contribution in [3.05, 3.63) is 16.5 Å². The Balaban J connectivity index is 2.26. The van der Waals surface area contributed by atoms with E-state index < -0.39 is 0 Å². The lowest BCUT2D eigenvalue weighted by molar-refractivity contribution is 0.583. The van der Waals surface area contributed by atoms with E-state index in [1.165, 1.54) is 0 Å². The molecule has 76 valence electrons. The monoisotopic (exact) mass is 256 g/mol. The number of halogens is 1. The van der Waals surface area contributed by atoms with Gasteiger partial charge in [-0.3, -0.25) is 0 Å². The molecular formula is C9H13BrN4. The van der Waals surface area contributed by atoms with Gasteiger partial charge in [-0.05, 0) is 22.9 Å². The zero-order valence-corrected chi connectivity index (χ0v) is 9.71. The molecule has 1 fully saturated rings. The van der Waals surface area contributed by atoms with Gasteiger partial charge in [0.2, 0.25) is 0 Å². The summed E-state index contributed by atoms with van der Waals surface area (Å²) in [4.78, 5) is 10.7. The van der Waals surface area contributed by atoms with Crippen LogP contribution in [0.2, 0.25) is 0 Å². The molecule has 1 aromatic rings. The van der Waals surface area contributed by atoms with Crippen LogP contribution in [-0.4, -0.2) is 36.1 Å². The zero-order chi connectivity index (χ0) is 9.97. The number of nitrogens with zero attached hydrogens (tertiary/aromatic N) is 3. The summed E-state index contributed by atoms with van der Waals surface area (Å²) in [5, 5.41) is 3.32. The van der Waals surface area contributed by atoms with Gasteiger partial charge < -0.3 is 10.2 Å². The van der Waals surface area contributed by atoms with Crippen LogP contribution in [0.1, 0.15) is 5.69 Å². The summed E-state index contributed by atoms with van der Waals surface area (Å²) in [6.45, 7) is 6.05. The number of aromatic nitrogens is 2. The Hall–Kier alpha value is -0.680. The molecule has 1 saturated heterocycles. The van der Waals surface area contributed by atoms with Crippen LogP contribution < -0.4 is 10.2 Å². The summed E-state index contributed by atoms with van der Waals surface area (Å²) in [5.41, 5.74) is 0.994. The van der Waals surface area contributed by atoms with Crippen molar-refractivity contribution in [2.75, 3.05) is 31.1 Å². The third-order valence-corrected chi connectivity index (χ3v) is 3.29. The van der Waals surface area contributed by atoms with Crippen LogP contribution in [0.25, 0.3) is 0 Å². The van der Waals surface area contributed by atoms with Crippen LogP contribution in [0.4, 0.5) is 5.82 Å². The van der Waals surface area contributed by atoms with E-state index in [1.807, 2.05) is 6.92 Å². The van der Waals surface area contributed by atoms with E-state index >= 15 is 0 Å². The molecule has 0 radical (unpaired) electrons. The smallest absolute Gasteiger partial charge is 0.146 e. The maximum atomic E-state index is 4.30. The van der Waals surface area contributed by atoms with Gasteiger partial charge >= 0.3 is 0 Å². The third-order valence-electron chi connectivity index (χ3n) is 2.36. The summed E-state index contributed by atoms with van der Waals surface area (Å²) < 4.78 is 1.02. The average molecular weight is 257 g/mol. The second kappa shape index (κ2) is 4.23. The second-order valence-electron chi connectivity index (χ2n) is 3.33. The molecule has 0 aromatic carbocycles. The Labute approximate surface area is 91.9 Å². The molecule has 0 aliphatic carbocycles. The van der Waals surface area contributed by atoms with Gasteiger partial charge in [0.25, 0.3) is 0 Å². The van der Waals surface area contributed by atoms with Crippen LogP contribution in [0.5, 0.6) is 0 Å². The van der Waals surface area contributed by atoms with E-state index in [0.29, 0.717) is 0 Å². The van der Waals surface area contributed by atoms with E-state index in [-0.39, 0.29) is 0 Å². The Bertz CT molecular complexity index is 323. The highest BCUT2D eigenvalue weighted by Crippen LogP contribution is 2.25. The quantitative estimate of drug-likeness (QED) is 0.813. The molecule has 4 nitrogen and oxygen atoms in total. The van der Waals surface area contributed by atoms with Crippen molar-refractivity contribution in [1.29, 1.82) is 0 Å². The van der Waals surface area contributed by atoms with E-state index in [9.17, 15) is 0 Å². The Morgan fingerprint density at radius 3 is 2.79 bits per heavy atom. The number of hydrogen-bond donors (Lipinski definition) is 1. The first-order valence-corrected chi connectivity index (χ1v) is 5.51. The fourth-order valence-corrected chi connectivity index (χ4v) is 2.00. The predicted molar refractivity (Wildman–Crippen MR) is 59.6 cm³/mol. The van der Waals surface area contributed by atoms with Crippen molar-refractivity contribution in [3.63, 3.8) is 0 Å². The van der Waals surface area contributed by atoms with Gasteiger partial charge in [0.05, 0.1) is 10.2 Å². The van der Waals surface area contributed by atoms with E-state index in [2.05, 4.69) is 36.1 Å². The van der Waals surface area contributed by atoms with E-state index in [4.69, 9.17) is 0 Å². The normalized spacial score (nSPS) is 17.1. The first kappa shape index (κ1) is 9.86. The van der Waals surface area contributed by atoms with Crippen molar-refractivity contribution < 1.29 is 0 Å². The average Bonchev–Trinajstić information content (AvgIpc) is 2.23. The largest absolute Gasteiger partial charge is 0.353 e. The molecule has 1 aliphatic rings. The molecule has 2 heterocycles. The molecule has 2 rings (SSSR count). The third kappa shape index (κ3) is 1.88. The molecule has 14 heavy (non-hydrogen) atoms. The van der Waals surface area contributed by atoms with E-state index in [1.54, 1.807) is 6.33 Å². The lowest BCUT2D eigenvalue weighted by Gasteiger charge is -2.29. The molecule has 0 amide bonds. The van der Waals surface area contributed by atoms with Gasteiger partial charge in [-0.25, -0.2) is 9.97 Å². The molecule has 0 atom stereocenters. The van der Waals surface area contributed by atoms with Crippen LogP contribution in [-0.2, 0) is 0 Å². The Morgan fingerprint density at radius 2 is 2.07 bits per heavy atom. The van der Waals surface area contributed by atoms with Crippen molar-refractivity contribution in [2.45, 2.75) is 6.92 Å². The lowest BCUT2D eigenvalue weighted by Crippen LogP contribution is -2.44. The summed E-state index contributed by atoms with van der Waals surface area (Å²) in [7, 11) is 0. The summed E-state index contributed by atoms with van der Waals surface area (Å²) in [5.74, 6) is 1.01. The number of anilines is 1. The Morgan fingerprint density at radius 1 is 1.36 bits per heavy atom. The van der Waals surface area contributed by atoms with Gasteiger partial charge in [-0.2, -0.15) is 0 Å². The van der Waals surface area contributed by atoms with Crippen LogP contribution in [0, 0.1) is 6.92 Å². The molecule has 0 bridgehead atoms. The minimum absolute atomic E-state index is 0.994. The highest BCUT2D eigenvalue weighted by atomic mass is 79.9. The minimum Gasteiger partial charge on any atom is -0.353 e. The van der Waals surface area contributed by atoms with Crippen LogP contribution in [0.15, 0.2) is 10.8 Å². The molecule has 5 heteroatoms. The van der Waals surface area contributed by atoms with Gasteiger partial charge in [0, 0.05) is 26.2 Å². The SMILES string of the molecule is Cc1ncnc(N2CCNCC2)c1Br. The first-order chi connectivity index (χ1) is 6.79. The van der Waals surface area contributed by atoms with Crippen molar-refractivity contribution in [3.8, 4) is 0 Å². The minimum atomic E-state index is 0.994. The molecule has 1 N–H and O–H groups in total. The van der Waals surface area contributed by atoms with E-state index in [0.717, 1.165) is 42.2 Å². The fraction of sp³-hybridized carbons (Fsp3) is 0.556. The maximum absolute atomic E-state index is 4.30. The summed E-state index contributed by atoms with van der Waals surface area (Å²) in [6, 6.07) is 0. The fourth-order valence-electron chi connectivity index (χ4n) is 1.54. The number of piperazine rings is 1. The van der Waals surface area contributed by atoms with Gasteiger partial charge in [-0.1, -0.05) is 0 Å². The standard InChI is InChI=1S/C9H13BrN4/c1-7-8(10)9(13-6-12-7)14-4-2-11-3-5-14/h6,11H,2-5H2,1H3. The zero-order valence-electron chi connectivity index (χ0n) is 8.13. The molecule has 0 unspecified atom stereocenters. The summed E-state index contributed by atoms with van der Waals surface area (Å²) >= 11 is 3.53. The first-order valence-electron chi connectivity index (χ1n) is 4.72. The molecule has 1 aromatic heterocycles. The number of hydrogen-bond acceptors (Lipinski definition) is 4. The molecule has 1 aliphatic heterocycles. The number of rotatable bonds is 1. The topological polar surface area (TPSA) is 41.1 Å². The van der Waals surface area contributed by atoms with Crippen LogP contribution in [0.3, 0.4) is 0 Å². The van der Waals surface area contributed by atoms with Crippen molar-refractivity contribution >= 4 is 21.7 Å². The summed E-state index contributed by atoms with van der Waals surface area (Å²) in [6.07, 6.45) is 1.62. The van der Waals surface area contributed by atoms with Crippen molar-refractivity contribution in [1.82, 2.24) is 15.3 Å². The van der Waals surface area contributed by atoms with Crippen molar-refractivity contribution in [2.24, 2.45) is 0 Å². The van der Waals surface area contributed by atoms with Gasteiger partial charge in [-0.15, -0.1) is 0 Å². The Kier molecular flexibility index (Phi) is 2.98.